The van der Waals surface area contributed by atoms with E-state index in [4.69, 9.17) is 11.6 Å². The van der Waals surface area contributed by atoms with Gasteiger partial charge in [-0.1, -0.05) is 35.9 Å². The number of hydrogen-bond donors (Lipinski definition) is 1. The van der Waals surface area contributed by atoms with Gasteiger partial charge in [-0.3, -0.25) is 14.9 Å². The highest BCUT2D eigenvalue weighted by Gasteiger charge is 2.15. The van der Waals surface area contributed by atoms with Gasteiger partial charge in [0, 0.05) is 28.5 Å². The monoisotopic (exact) mass is 396 g/mol. The van der Waals surface area contributed by atoms with Gasteiger partial charge >= 0.3 is 0 Å². The Bertz CT molecular complexity index is 1060. The SMILES string of the molecule is Cc1ccc(-n2cccc2/C=N/NC(=O)Cc2ccccc2[N+](=O)[O-])cc1Cl. The van der Waals surface area contributed by atoms with Crippen molar-refractivity contribution in [3.8, 4) is 5.69 Å². The molecule has 7 nitrogen and oxygen atoms in total. The number of nitro groups is 1. The summed E-state index contributed by atoms with van der Waals surface area (Å²) in [6, 6.07) is 15.5. The predicted molar refractivity (Wildman–Crippen MR) is 108 cm³/mol. The second-order valence-electron chi connectivity index (χ2n) is 6.09. The molecule has 1 amide bonds. The molecule has 28 heavy (non-hydrogen) atoms. The number of nitro benzene ring substituents is 1. The third-order valence-electron chi connectivity index (χ3n) is 4.14. The third-order valence-corrected chi connectivity index (χ3v) is 4.55. The van der Waals surface area contributed by atoms with Crippen LogP contribution >= 0.6 is 11.6 Å². The second-order valence-corrected chi connectivity index (χ2v) is 6.50. The maximum atomic E-state index is 12.1. The summed E-state index contributed by atoms with van der Waals surface area (Å²) in [5, 5.41) is 15.6. The van der Waals surface area contributed by atoms with Crippen LogP contribution in [-0.4, -0.2) is 21.6 Å². The van der Waals surface area contributed by atoms with Crippen LogP contribution in [0.25, 0.3) is 5.69 Å². The van der Waals surface area contributed by atoms with Gasteiger partial charge in [0.2, 0.25) is 5.91 Å². The number of nitrogens with one attached hydrogen (secondary N) is 1. The van der Waals surface area contributed by atoms with Crippen LogP contribution < -0.4 is 5.43 Å². The topological polar surface area (TPSA) is 89.5 Å². The molecule has 0 spiro atoms. The van der Waals surface area contributed by atoms with Crippen LogP contribution in [0, 0.1) is 17.0 Å². The van der Waals surface area contributed by atoms with Crippen molar-refractivity contribution in [2.45, 2.75) is 13.3 Å². The lowest BCUT2D eigenvalue weighted by Crippen LogP contribution is -2.20. The molecule has 1 N–H and O–H groups in total. The highest BCUT2D eigenvalue weighted by Crippen LogP contribution is 2.21. The first-order chi connectivity index (χ1) is 13.5. The Kier molecular flexibility index (Phi) is 5.86. The first-order valence-corrected chi connectivity index (χ1v) is 8.81. The predicted octanol–water partition coefficient (Wildman–Crippen LogP) is 4.04. The molecule has 0 aliphatic rings. The van der Waals surface area contributed by atoms with Gasteiger partial charge in [0.05, 0.1) is 23.3 Å². The average molecular weight is 397 g/mol. The summed E-state index contributed by atoms with van der Waals surface area (Å²) >= 11 is 6.19. The molecule has 0 unspecified atom stereocenters. The first kappa shape index (κ1) is 19.3. The number of carbonyl (C=O) groups is 1. The standard InChI is InChI=1S/C20H17ClN4O3/c1-14-8-9-16(12-18(14)21)24-10-4-6-17(24)13-22-23-20(26)11-15-5-2-3-7-19(15)25(27)28/h2-10,12-13H,11H2,1H3,(H,23,26)/b22-13+. The van der Waals surface area contributed by atoms with E-state index in [0.29, 0.717) is 10.6 Å². The molecule has 0 atom stereocenters. The number of benzene rings is 2. The number of rotatable bonds is 6. The smallest absolute Gasteiger partial charge is 0.273 e. The number of aryl methyl sites for hydroxylation is 1. The van der Waals surface area contributed by atoms with Crippen LogP contribution in [0.4, 0.5) is 5.69 Å². The van der Waals surface area contributed by atoms with E-state index < -0.39 is 10.8 Å². The Balaban J connectivity index is 1.69. The van der Waals surface area contributed by atoms with Gasteiger partial charge in [-0.05, 0) is 36.8 Å². The molecule has 3 rings (SSSR count). The fourth-order valence-corrected chi connectivity index (χ4v) is 2.86. The van der Waals surface area contributed by atoms with Crippen molar-refractivity contribution < 1.29 is 9.72 Å². The van der Waals surface area contributed by atoms with Gasteiger partial charge in [0.15, 0.2) is 0 Å². The summed E-state index contributed by atoms with van der Waals surface area (Å²) in [5.41, 5.74) is 5.24. The number of hydrazone groups is 1. The molecular formula is C20H17ClN4O3. The summed E-state index contributed by atoms with van der Waals surface area (Å²) in [6.45, 7) is 1.93. The molecule has 3 aromatic rings. The quantitative estimate of drug-likeness (QED) is 0.387. The molecule has 142 valence electrons. The van der Waals surface area contributed by atoms with Crippen molar-refractivity contribution in [3.05, 3.63) is 92.8 Å². The lowest BCUT2D eigenvalue weighted by atomic mass is 10.1. The van der Waals surface area contributed by atoms with Gasteiger partial charge in [-0.2, -0.15) is 5.10 Å². The molecule has 0 aliphatic carbocycles. The summed E-state index contributed by atoms with van der Waals surface area (Å²) < 4.78 is 1.88. The molecule has 2 aromatic carbocycles. The van der Waals surface area contributed by atoms with Gasteiger partial charge in [0.1, 0.15) is 0 Å². The Morgan fingerprint density at radius 2 is 2.04 bits per heavy atom. The van der Waals surface area contributed by atoms with E-state index in [-0.39, 0.29) is 12.1 Å². The van der Waals surface area contributed by atoms with Gasteiger partial charge in [-0.15, -0.1) is 0 Å². The summed E-state index contributed by atoms with van der Waals surface area (Å²) in [4.78, 5) is 22.6. The normalized spacial score (nSPS) is 10.9. The van der Waals surface area contributed by atoms with E-state index in [0.717, 1.165) is 16.9 Å². The maximum absolute atomic E-state index is 12.1. The Labute approximate surface area is 166 Å². The summed E-state index contributed by atoms with van der Waals surface area (Å²) in [7, 11) is 0. The number of para-hydroxylation sites is 1. The fourth-order valence-electron chi connectivity index (χ4n) is 2.69. The number of nitrogens with zero attached hydrogens (tertiary/aromatic N) is 3. The molecule has 8 heteroatoms. The van der Waals surface area contributed by atoms with Crippen LogP contribution in [0.15, 0.2) is 65.9 Å². The Morgan fingerprint density at radius 1 is 1.25 bits per heavy atom. The maximum Gasteiger partial charge on any atom is 0.273 e. The summed E-state index contributed by atoms with van der Waals surface area (Å²) in [6.07, 6.45) is 3.23. The largest absolute Gasteiger partial charge is 0.316 e. The highest BCUT2D eigenvalue weighted by molar-refractivity contribution is 6.31. The van der Waals surface area contributed by atoms with Gasteiger partial charge < -0.3 is 4.57 Å². The van der Waals surface area contributed by atoms with Crippen LogP contribution in [0.1, 0.15) is 16.8 Å². The minimum atomic E-state index is -0.508. The second kappa shape index (κ2) is 8.49. The van der Waals surface area contributed by atoms with Crippen molar-refractivity contribution in [1.82, 2.24) is 9.99 Å². The number of amides is 1. The van der Waals surface area contributed by atoms with Crippen LogP contribution in [0.5, 0.6) is 0 Å². The Morgan fingerprint density at radius 3 is 2.79 bits per heavy atom. The lowest BCUT2D eigenvalue weighted by molar-refractivity contribution is -0.385. The molecule has 0 saturated carbocycles. The Hall–Kier alpha value is -3.45. The molecule has 0 aliphatic heterocycles. The zero-order chi connectivity index (χ0) is 20.1. The van der Waals surface area contributed by atoms with E-state index >= 15 is 0 Å². The van der Waals surface area contributed by atoms with Gasteiger partial charge in [0.25, 0.3) is 5.69 Å². The molecule has 0 bridgehead atoms. The van der Waals surface area contributed by atoms with Crippen molar-refractivity contribution in [1.29, 1.82) is 0 Å². The minimum Gasteiger partial charge on any atom is -0.316 e. The zero-order valence-corrected chi connectivity index (χ0v) is 15.8. The van der Waals surface area contributed by atoms with Gasteiger partial charge in [-0.25, -0.2) is 5.43 Å². The third kappa shape index (κ3) is 4.44. The zero-order valence-electron chi connectivity index (χ0n) is 15.0. The first-order valence-electron chi connectivity index (χ1n) is 8.44. The van der Waals surface area contributed by atoms with Crippen LogP contribution in [0.2, 0.25) is 5.02 Å². The van der Waals surface area contributed by atoms with E-state index in [9.17, 15) is 14.9 Å². The number of hydrogen-bond acceptors (Lipinski definition) is 4. The highest BCUT2D eigenvalue weighted by atomic mass is 35.5. The van der Waals surface area contributed by atoms with E-state index in [1.807, 2.05) is 48.0 Å². The van der Waals surface area contributed by atoms with E-state index in [1.165, 1.54) is 12.3 Å². The molecule has 1 heterocycles. The minimum absolute atomic E-state index is 0.0910. The van der Waals surface area contributed by atoms with Crippen molar-refractivity contribution in [2.75, 3.05) is 0 Å². The van der Waals surface area contributed by atoms with Crippen LogP contribution in [-0.2, 0) is 11.2 Å². The van der Waals surface area contributed by atoms with Crippen molar-refractivity contribution >= 4 is 29.4 Å². The lowest BCUT2D eigenvalue weighted by Gasteiger charge is -2.08. The van der Waals surface area contributed by atoms with Crippen molar-refractivity contribution in [2.24, 2.45) is 5.10 Å². The van der Waals surface area contributed by atoms with Crippen molar-refractivity contribution in [3.63, 3.8) is 0 Å². The molecule has 0 radical (unpaired) electrons. The number of halogens is 1. The van der Waals surface area contributed by atoms with E-state index in [2.05, 4.69) is 10.5 Å². The fraction of sp³-hybridized carbons (Fsp3) is 0.100. The molecule has 0 saturated heterocycles. The number of aromatic nitrogens is 1. The summed E-state index contributed by atoms with van der Waals surface area (Å²) in [5.74, 6) is -0.443. The molecule has 1 aromatic heterocycles. The molecular weight excluding hydrogens is 380 g/mol. The van der Waals surface area contributed by atoms with E-state index in [1.54, 1.807) is 18.2 Å². The molecule has 0 fully saturated rings. The van der Waals surface area contributed by atoms with Crippen LogP contribution in [0.3, 0.4) is 0 Å². The number of carbonyl (C=O) groups excluding carboxylic acids is 1. The average Bonchev–Trinajstić information content (AvgIpc) is 3.13.